The highest BCUT2D eigenvalue weighted by atomic mass is 16.3. The van der Waals surface area contributed by atoms with Crippen LogP contribution in [-0.4, -0.2) is 41.1 Å². The summed E-state index contributed by atoms with van der Waals surface area (Å²) in [5.74, 6) is 0.651. The van der Waals surface area contributed by atoms with E-state index in [9.17, 15) is 9.90 Å². The van der Waals surface area contributed by atoms with E-state index in [1.54, 1.807) is 0 Å². The molecule has 0 aliphatic carbocycles. The third kappa shape index (κ3) is 5.41. The van der Waals surface area contributed by atoms with E-state index in [-0.39, 0.29) is 11.3 Å². The summed E-state index contributed by atoms with van der Waals surface area (Å²) in [4.78, 5) is 14.1. The Labute approximate surface area is 123 Å². The third-order valence-electron chi connectivity index (χ3n) is 4.47. The van der Waals surface area contributed by atoms with Crippen LogP contribution in [0.4, 0.5) is 0 Å². The van der Waals surface area contributed by atoms with Crippen LogP contribution in [-0.2, 0) is 4.79 Å². The maximum absolute atomic E-state index is 12.3. The smallest absolute Gasteiger partial charge is 0.222 e. The molecule has 0 aromatic rings. The van der Waals surface area contributed by atoms with Crippen LogP contribution in [0, 0.1) is 11.3 Å². The molecule has 4 nitrogen and oxygen atoms in total. The summed E-state index contributed by atoms with van der Waals surface area (Å²) in [5.41, 5.74) is 5.16. The zero-order valence-electron chi connectivity index (χ0n) is 13.6. The second kappa shape index (κ2) is 6.90. The Balaban J connectivity index is 2.49. The highest BCUT2D eigenvalue weighted by Gasteiger charge is 2.31. The van der Waals surface area contributed by atoms with Crippen LogP contribution in [0.15, 0.2) is 0 Å². The van der Waals surface area contributed by atoms with Gasteiger partial charge in [0.15, 0.2) is 0 Å². The van der Waals surface area contributed by atoms with Gasteiger partial charge in [-0.15, -0.1) is 0 Å². The van der Waals surface area contributed by atoms with Gasteiger partial charge in [-0.1, -0.05) is 20.8 Å². The van der Waals surface area contributed by atoms with E-state index < -0.39 is 5.60 Å². The Morgan fingerprint density at radius 1 is 1.40 bits per heavy atom. The minimum atomic E-state index is -0.714. The van der Waals surface area contributed by atoms with Crippen LogP contribution in [0.3, 0.4) is 0 Å². The number of nitrogens with two attached hydrogens (primary N) is 1. The van der Waals surface area contributed by atoms with Crippen molar-refractivity contribution in [3.63, 3.8) is 0 Å². The fraction of sp³-hybridized carbons (Fsp3) is 0.938. The van der Waals surface area contributed by atoms with Gasteiger partial charge in [-0.25, -0.2) is 0 Å². The Kier molecular flexibility index (Phi) is 6.02. The number of hydrogen-bond acceptors (Lipinski definition) is 3. The largest absolute Gasteiger partial charge is 0.388 e. The van der Waals surface area contributed by atoms with Crippen molar-refractivity contribution < 1.29 is 9.90 Å². The van der Waals surface area contributed by atoms with Gasteiger partial charge in [0.1, 0.15) is 0 Å². The molecule has 1 rings (SSSR count). The van der Waals surface area contributed by atoms with Crippen molar-refractivity contribution in [3.05, 3.63) is 0 Å². The Hall–Kier alpha value is -0.610. The van der Waals surface area contributed by atoms with Crippen molar-refractivity contribution >= 4 is 5.91 Å². The van der Waals surface area contributed by atoms with Crippen molar-refractivity contribution in [2.24, 2.45) is 17.1 Å². The molecule has 0 spiro atoms. The summed E-state index contributed by atoms with van der Waals surface area (Å²) < 4.78 is 0. The number of hydrogen-bond donors (Lipinski definition) is 2. The van der Waals surface area contributed by atoms with E-state index in [0.717, 1.165) is 32.2 Å². The molecule has 1 amide bonds. The van der Waals surface area contributed by atoms with E-state index >= 15 is 0 Å². The number of nitrogens with zero attached hydrogens (tertiary/aromatic N) is 1. The van der Waals surface area contributed by atoms with Crippen LogP contribution in [0.5, 0.6) is 0 Å². The van der Waals surface area contributed by atoms with Crippen molar-refractivity contribution in [2.75, 3.05) is 19.6 Å². The molecule has 0 aromatic carbocycles. The van der Waals surface area contributed by atoms with Crippen LogP contribution in [0.25, 0.3) is 0 Å². The van der Waals surface area contributed by atoms with Gasteiger partial charge in [-0.3, -0.25) is 4.79 Å². The second-order valence-electron chi connectivity index (χ2n) is 7.59. The van der Waals surface area contributed by atoms with Gasteiger partial charge < -0.3 is 15.7 Å². The number of aliphatic hydroxyl groups is 1. The molecule has 0 aromatic heterocycles. The topological polar surface area (TPSA) is 66.6 Å². The molecule has 4 heteroatoms. The Bertz CT molecular complexity index is 321. The van der Waals surface area contributed by atoms with Gasteiger partial charge in [-0.2, -0.15) is 0 Å². The lowest BCUT2D eigenvalue weighted by atomic mass is 9.76. The van der Waals surface area contributed by atoms with Gasteiger partial charge in [0.25, 0.3) is 0 Å². The standard InChI is InChI=1S/C16H32N2O2/c1-15(2,3)13(8-10-17)6-7-14(19)18-11-5-9-16(4,20)12-18/h13,20H,5-12,17H2,1-4H3. The van der Waals surface area contributed by atoms with E-state index in [4.69, 9.17) is 5.73 Å². The lowest BCUT2D eigenvalue weighted by Gasteiger charge is -2.37. The highest BCUT2D eigenvalue weighted by molar-refractivity contribution is 5.76. The predicted molar refractivity (Wildman–Crippen MR) is 82.3 cm³/mol. The molecule has 1 aliphatic heterocycles. The van der Waals surface area contributed by atoms with Crippen LogP contribution in [0.2, 0.25) is 0 Å². The summed E-state index contributed by atoms with van der Waals surface area (Å²) in [7, 11) is 0. The molecule has 1 fully saturated rings. The van der Waals surface area contributed by atoms with Crippen LogP contribution < -0.4 is 5.73 Å². The maximum Gasteiger partial charge on any atom is 0.222 e. The normalized spacial score (nSPS) is 25.6. The zero-order chi connectivity index (χ0) is 15.4. The molecule has 2 unspecified atom stereocenters. The number of likely N-dealkylation sites (tertiary alicyclic amines) is 1. The minimum absolute atomic E-state index is 0.177. The van der Waals surface area contributed by atoms with E-state index in [1.807, 2.05) is 11.8 Å². The summed E-state index contributed by atoms with van der Waals surface area (Å²) >= 11 is 0. The summed E-state index contributed by atoms with van der Waals surface area (Å²) in [6.45, 7) is 10.4. The molecule has 1 heterocycles. The van der Waals surface area contributed by atoms with Crippen LogP contribution >= 0.6 is 0 Å². The number of piperidine rings is 1. The van der Waals surface area contributed by atoms with E-state index in [0.29, 0.717) is 25.4 Å². The SMILES string of the molecule is CC1(O)CCCN(C(=O)CCC(CCN)C(C)(C)C)C1. The number of carbonyl (C=O) groups is 1. The summed E-state index contributed by atoms with van der Waals surface area (Å²) in [5, 5.41) is 10.1. The number of rotatable bonds is 5. The third-order valence-corrected chi connectivity index (χ3v) is 4.47. The molecule has 1 saturated heterocycles. The van der Waals surface area contributed by atoms with E-state index in [2.05, 4.69) is 20.8 Å². The fourth-order valence-electron chi connectivity index (χ4n) is 3.10. The minimum Gasteiger partial charge on any atom is -0.388 e. The van der Waals surface area contributed by atoms with Gasteiger partial charge in [-0.05, 0) is 50.5 Å². The second-order valence-corrected chi connectivity index (χ2v) is 7.59. The first kappa shape index (κ1) is 17.4. The lowest BCUT2D eigenvalue weighted by Crippen LogP contribution is -2.48. The molecule has 0 radical (unpaired) electrons. The van der Waals surface area contributed by atoms with Crippen molar-refractivity contribution in [1.29, 1.82) is 0 Å². The quantitative estimate of drug-likeness (QED) is 0.813. The maximum atomic E-state index is 12.3. The lowest BCUT2D eigenvalue weighted by molar-refractivity contribution is -0.138. The molecule has 1 aliphatic rings. The highest BCUT2D eigenvalue weighted by Crippen LogP contribution is 2.32. The monoisotopic (exact) mass is 284 g/mol. The van der Waals surface area contributed by atoms with Gasteiger partial charge >= 0.3 is 0 Å². The first-order valence-electron chi connectivity index (χ1n) is 7.86. The summed E-state index contributed by atoms with van der Waals surface area (Å²) in [6, 6.07) is 0. The average molecular weight is 284 g/mol. The Morgan fingerprint density at radius 2 is 2.05 bits per heavy atom. The molecule has 20 heavy (non-hydrogen) atoms. The molecular weight excluding hydrogens is 252 g/mol. The molecule has 2 atom stereocenters. The van der Waals surface area contributed by atoms with Gasteiger partial charge in [0, 0.05) is 19.5 Å². The van der Waals surface area contributed by atoms with E-state index in [1.165, 1.54) is 0 Å². The molecule has 0 saturated carbocycles. The molecule has 0 bridgehead atoms. The average Bonchev–Trinajstić information content (AvgIpc) is 2.31. The first-order valence-corrected chi connectivity index (χ1v) is 7.86. The van der Waals surface area contributed by atoms with Crippen LogP contribution in [0.1, 0.15) is 59.8 Å². The van der Waals surface area contributed by atoms with Crippen molar-refractivity contribution in [3.8, 4) is 0 Å². The van der Waals surface area contributed by atoms with Gasteiger partial charge in [0.2, 0.25) is 5.91 Å². The van der Waals surface area contributed by atoms with Crippen molar-refractivity contribution in [1.82, 2.24) is 4.90 Å². The fourth-order valence-corrected chi connectivity index (χ4v) is 3.10. The predicted octanol–water partition coefficient (Wildman–Crippen LogP) is 2.15. The van der Waals surface area contributed by atoms with Gasteiger partial charge in [0.05, 0.1) is 5.60 Å². The molecular formula is C16H32N2O2. The molecule has 3 N–H and O–H groups in total. The Morgan fingerprint density at radius 3 is 2.55 bits per heavy atom. The number of amides is 1. The zero-order valence-corrected chi connectivity index (χ0v) is 13.6. The number of β-amino-alcohol motifs (C(OH)–C–C–N with tert-alkyl or cyclic N) is 1. The number of carbonyl (C=O) groups excluding carboxylic acids is 1. The molecule has 118 valence electrons. The van der Waals surface area contributed by atoms with Crippen molar-refractivity contribution in [2.45, 2.75) is 65.4 Å². The first-order chi connectivity index (χ1) is 9.15. The summed E-state index contributed by atoms with van der Waals surface area (Å²) in [6.07, 6.45) is 4.10.